The SMILES string of the molecule is CCn1ccnc1C(O)[c-]1[cH-][cH-][cH-][cH-]1.[Fe].c1cc[cH-]c1. The minimum atomic E-state index is -0.611. The fourth-order valence-electron chi connectivity index (χ4n) is 1.88. The fraction of sp³-hybridized carbons (Fsp3) is 0.188. The Balaban J connectivity index is 0.000000283. The zero-order valence-electron chi connectivity index (χ0n) is 11.3. The molecule has 0 saturated carbocycles. The molecule has 3 nitrogen and oxygen atoms in total. The van der Waals surface area contributed by atoms with Gasteiger partial charge in [-0.2, -0.15) is 18.2 Å². The van der Waals surface area contributed by atoms with E-state index < -0.39 is 6.10 Å². The second-order valence-electron chi connectivity index (χ2n) is 4.15. The van der Waals surface area contributed by atoms with E-state index in [4.69, 9.17) is 0 Å². The van der Waals surface area contributed by atoms with E-state index in [1.54, 1.807) is 6.20 Å². The quantitative estimate of drug-likeness (QED) is 0.596. The Morgan fingerprint density at radius 2 is 1.95 bits per heavy atom. The monoisotopic (exact) mass is 310 g/mol. The van der Waals surface area contributed by atoms with Crippen LogP contribution in [0.2, 0.25) is 0 Å². The topological polar surface area (TPSA) is 38.0 Å². The normalized spacial score (nSPS) is 11.1. The van der Waals surface area contributed by atoms with Crippen molar-refractivity contribution in [2.45, 2.75) is 19.6 Å². The molecular formula is C16H18FeN2O-6. The number of nitrogens with zero attached hydrogens (tertiary/aromatic N) is 2. The van der Waals surface area contributed by atoms with Crippen LogP contribution in [0.15, 0.2) is 67.0 Å². The Hall–Kier alpha value is -1.61. The van der Waals surface area contributed by atoms with Crippen molar-refractivity contribution in [2.24, 2.45) is 0 Å². The van der Waals surface area contributed by atoms with Gasteiger partial charge in [-0.3, -0.25) is 0 Å². The number of aromatic nitrogens is 2. The van der Waals surface area contributed by atoms with Crippen molar-refractivity contribution in [1.29, 1.82) is 0 Å². The summed E-state index contributed by atoms with van der Waals surface area (Å²) in [4.78, 5) is 4.16. The van der Waals surface area contributed by atoms with Crippen molar-refractivity contribution in [3.63, 3.8) is 0 Å². The van der Waals surface area contributed by atoms with Crippen LogP contribution < -0.4 is 0 Å². The number of hydrogen-bond donors (Lipinski definition) is 1. The Morgan fingerprint density at radius 3 is 2.45 bits per heavy atom. The van der Waals surface area contributed by atoms with Gasteiger partial charge < -0.3 is 39.5 Å². The molecule has 0 amide bonds. The van der Waals surface area contributed by atoms with Gasteiger partial charge in [0, 0.05) is 36.0 Å². The standard InChI is InChI=1S/C11H13N2O.C5H5.Fe/c1-2-13-8-7-12-11(13)10(14)9-5-3-4-6-9;1-2-4-5-3-1;/h3-8,10,14H,2H2,1H3;1-5H;/q-5;-1;. The molecule has 1 aromatic heterocycles. The van der Waals surface area contributed by atoms with Crippen molar-refractivity contribution in [3.8, 4) is 0 Å². The van der Waals surface area contributed by atoms with E-state index in [1.165, 1.54) is 0 Å². The predicted molar refractivity (Wildman–Crippen MR) is 76.0 cm³/mol. The van der Waals surface area contributed by atoms with Crippen LogP contribution in [0.4, 0.5) is 0 Å². The van der Waals surface area contributed by atoms with Crippen molar-refractivity contribution in [2.75, 3.05) is 0 Å². The molecule has 4 heteroatoms. The van der Waals surface area contributed by atoms with Gasteiger partial charge >= 0.3 is 0 Å². The Morgan fingerprint density at radius 1 is 1.30 bits per heavy atom. The molecule has 3 rings (SSSR count). The van der Waals surface area contributed by atoms with Crippen LogP contribution in [0, 0.1) is 0 Å². The molecule has 0 aliphatic heterocycles. The first-order valence-electron chi connectivity index (χ1n) is 6.40. The van der Waals surface area contributed by atoms with E-state index in [1.807, 2.05) is 72.3 Å². The largest absolute Gasteiger partial charge is 0.747 e. The van der Waals surface area contributed by atoms with Crippen LogP contribution >= 0.6 is 0 Å². The van der Waals surface area contributed by atoms with E-state index >= 15 is 0 Å². The third-order valence-electron chi connectivity index (χ3n) is 2.89. The van der Waals surface area contributed by atoms with Crippen molar-refractivity contribution in [3.05, 3.63) is 78.4 Å². The van der Waals surface area contributed by atoms with Crippen LogP contribution in [0.25, 0.3) is 0 Å². The maximum absolute atomic E-state index is 10.00. The molecule has 1 atom stereocenters. The summed E-state index contributed by atoms with van der Waals surface area (Å²) in [6, 6.07) is 17.6. The van der Waals surface area contributed by atoms with Gasteiger partial charge in [-0.25, -0.2) is 17.1 Å². The van der Waals surface area contributed by atoms with Gasteiger partial charge in [0.15, 0.2) is 0 Å². The second-order valence-corrected chi connectivity index (χ2v) is 4.15. The van der Waals surface area contributed by atoms with Gasteiger partial charge in [0.2, 0.25) is 0 Å². The first kappa shape index (κ1) is 16.4. The number of aliphatic hydroxyl groups excluding tert-OH is 1. The van der Waals surface area contributed by atoms with E-state index in [0.29, 0.717) is 5.82 Å². The average molecular weight is 310 g/mol. The number of aryl methyl sites for hydroxylation is 1. The Bertz CT molecular complexity index is 538. The Labute approximate surface area is 130 Å². The van der Waals surface area contributed by atoms with Gasteiger partial charge in [0.25, 0.3) is 0 Å². The molecule has 3 aromatic rings. The maximum Gasteiger partial charge on any atom is 0.104 e. The van der Waals surface area contributed by atoms with Gasteiger partial charge in [-0.05, 0) is 13.0 Å². The summed E-state index contributed by atoms with van der Waals surface area (Å²) in [5, 5.41) is 10.00. The zero-order valence-corrected chi connectivity index (χ0v) is 12.4. The molecule has 1 heterocycles. The second kappa shape index (κ2) is 8.54. The number of imidazole rings is 1. The maximum atomic E-state index is 10.00. The van der Waals surface area contributed by atoms with E-state index in [-0.39, 0.29) is 17.1 Å². The molecule has 1 N–H and O–H groups in total. The van der Waals surface area contributed by atoms with E-state index in [9.17, 15) is 5.11 Å². The molecule has 0 spiro atoms. The average Bonchev–Trinajstić information content (AvgIpc) is 3.20. The smallest absolute Gasteiger partial charge is 0.104 e. The molecule has 0 aliphatic carbocycles. The third kappa shape index (κ3) is 4.20. The molecular weight excluding hydrogens is 292 g/mol. The van der Waals surface area contributed by atoms with Gasteiger partial charge in [-0.15, -0.1) is 0 Å². The number of rotatable bonds is 3. The molecule has 0 bridgehead atoms. The Kier molecular flexibility index (Phi) is 7.02. The predicted octanol–water partition coefficient (Wildman–Crippen LogP) is 3.11. The molecule has 20 heavy (non-hydrogen) atoms. The molecule has 0 fully saturated rings. The molecule has 0 saturated heterocycles. The van der Waals surface area contributed by atoms with Gasteiger partial charge in [0.1, 0.15) is 5.82 Å². The van der Waals surface area contributed by atoms with E-state index in [2.05, 4.69) is 4.98 Å². The van der Waals surface area contributed by atoms with Crippen LogP contribution in [-0.2, 0) is 23.6 Å². The van der Waals surface area contributed by atoms with Gasteiger partial charge in [0.05, 0.1) is 0 Å². The third-order valence-corrected chi connectivity index (χ3v) is 2.89. The van der Waals surface area contributed by atoms with Crippen LogP contribution in [0.1, 0.15) is 24.4 Å². The summed E-state index contributed by atoms with van der Waals surface area (Å²) in [6.07, 6.45) is 2.98. The minimum Gasteiger partial charge on any atom is -0.747 e. The summed E-state index contributed by atoms with van der Waals surface area (Å²) in [5.74, 6) is 0.707. The molecule has 1 unspecified atom stereocenters. The van der Waals surface area contributed by atoms with Crippen molar-refractivity contribution in [1.82, 2.24) is 9.55 Å². The molecule has 0 aliphatic rings. The van der Waals surface area contributed by atoms with Crippen molar-refractivity contribution >= 4 is 0 Å². The zero-order chi connectivity index (χ0) is 13.5. The van der Waals surface area contributed by atoms with Crippen molar-refractivity contribution < 1.29 is 22.2 Å². The first-order chi connectivity index (χ1) is 9.33. The molecule has 112 valence electrons. The molecule has 0 radical (unpaired) electrons. The number of aliphatic hydroxyl groups is 1. The summed E-state index contributed by atoms with van der Waals surface area (Å²) in [7, 11) is 0. The summed E-state index contributed by atoms with van der Waals surface area (Å²) < 4.78 is 1.94. The summed E-state index contributed by atoms with van der Waals surface area (Å²) in [5.41, 5.74) is 0.894. The number of hydrogen-bond acceptors (Lipinski definition) is 2. The van der Waals surface area contributed by atoms with Crippen LogP contribution in [0.5, 0.6) is 0 Å². The van der Waals surface area contributed by atoms with E-state index in [0.717, 1.165) is 12.1 Å². The molecule has 2 aromatic carbocycles. The van der Waals surface area contributed by atoms with Crippen LogP contribution in [-0.4, -0.2) is 14.7 Å². The summed E-state index contributed by atoms with van der Waals surface area (Å²) >= 11 is 0. The van der Waals surface area contributed by atoms with Crippen LogP contribution in [0.3, 0.4) is 0 Å². The van der Waals surface area contributed by atoms with Gasteiger partial charge in [-0.1, -0.05) is 0 Å². The first-order valence-corrected chi connectivity index (χ1v) is 6.40. The minimum absolute atomic E-state index is 0. The summed E-state index contributed by atoms with van der Waals surface area (Å²) in [6.45, 7) is 2.86. The fourth-order valence-corrected chi connectivity index (χ4v) is 1.88.